The van der Waals surface area contributed by atoms with E-state index in [2.05, 4.69) is 20.4 Å². The SMILES string of the molecule is C=COC(=O)N1CC2C(CC(=O)O)C(C1)[C@H](C)[C@H]2C. The van der Waals surface area contributed by atoms with E-state index in [4.69, 9.17) is 9.84 Å². The van der Waals surface area contributed by atoms with E-state index in [1.807, 2.05) is 0 Å². The molecule has 2 unspecified atom stereocenters. The van der Waals surface area contributed by atoms with E-state index in [0.29, 0.717) is 24.9 Å². The zero-order chi connectivity index (χ0) is 14.2. The smallest absolute Gasteiger partial charge is 0.414 e. The number of amides is 1. The van der Waals surface area contributed by atoms with Crippen LogP contribution in [0.4, 0.5) is 4.79 Å². The first-order chi connectivity index (χ1) is 8.95. The first-order valence-electron chi connectivity index (χ1n) is 6.74. The summed E-state index contributed by atoms with van der Waals surface area (Å²) < 4.78 is 4.83. The highest BCUT2D eigenvalue weighted by Crippen LogP contribution is 2.50. The lowest BCUT2D eigenvalue weighted by Gasteiger charge is -2.37. The van der Waals surface area contributed by atoms with Gasteiger partial charge in [0.15, 0.2) is 0 Å². The summed E-state index contributed by atoms with van der Waals surface area (Å²) in [5.41, 5.74) is 0. The third-order valence-electron chi connectivity index (χ3n) is 5.00. The van der Waals surface area contributed by atoms with Gasteiger partial charge in [-0.25, -0.2) is 4.79 Å². The molecule has 1 saturated carbocycles. The summed E-state index contributed by atoms with van der Waals surface area (Å²) >= 11 is 0. The molecule has 1 heterocycles. The number of hydrogen-bond donors (Lipinski definition) is 1. The minimum Gasteiger partial charge on any atom is -0.481 e. The maximum atomic E-state index is 11.8. The number of aliphatic carboxylic acids is 1. The van der Waals surface area contributed by atoms with Crippen LogP contribution in [-0.4, -0.2) is 35.2 Å². The summed E-state index contributed by atoms with van der Waals surface area (Å²) in [7, 11) is 0. The first-order valence-corrected chi connectivity index (χ1v) is 6.74. The van der Waals surface area contributed by atoms with Crippen molar-refractivity contribution in [2.75, 3.05) is 13.1 Å². The molecule has 1 aliphatic heterocycles. The average Bonchev–Trinajstić information content (AvgIpc) is 2.49. The lowest BCUT2D eigenvalue weighted by Crippen LogP contribution is -2.46. The highest BCUT2D eigenvalue weighted by Gasteiger charge is 2.51. The van der Waals surface area contributed by atoms with Crippen molar-refractivity contribution in [2.45, 2.75) is 20.3 Å². The van der Waals surface area contributed by atoms with Gasteiger partial charge >= 0.3 is 12.1 Å². The van der Waals surface area contributed by atoms with Crippen LogP contribution in [0.3, 0.4) is 0 Å². The number of rotatable bonds is 3. The monoisotopic (exact) mass is 267 g/mol. The zero-order valence-electron chi connectivity index (χ0n) is 11.4. The van der Waals surface area contributed by atoms with Gasteiger partial charge < -0.3 is 14.7 Å². The minimum absolute atomic E-state index is 0.176. The molecule has 2 bridgehead atoms. The first kappa shape index (κ1) is 13.9. The summed E-state index contributed by atoms with van der Waals surface area (Å²) in [6.07, 6.45) is 0.967. The van der Waals surface area contributed by atoms with E-state index >= 15 is 0 Å². The number of carboxylic acids is 1. The molecule has 0 aromatic carbocycles. The van der Waals surface area contributed by atoms with Gasteiger partial charge in [-0.15, -0.1) is 0 Å². The molecule has 1 N–H and O–H groups in total. The number of fused-ring (bicyclic) bond motifs is 2. The van der Waals surface area contributed by atoms with E-state index in [1.54, 1.807) is 4.90 Å². The predicted molar refractivity (Wildman–Crippen MR) is 69.3 cm³/mol. The average molecular weight is 267 g/mol. The number of carbonyl (C=O) groups is 2. The molecule has 5 heteroatoms. The van der Waals surface area contributed by atoms with E-state index in [-0.39, 0.29) is 30.3 Å². The third-order valence-corrected chi connectivity index (χ3v) is 5.00. The van der Waals surface area contributed by atoms with Crippen LogP contribution < -0.4 is 0 Å². The molecule has 19 heavy (non-hydrogen) atoms. The molecular weight excluding hydrogens is 246 g/mol. The second kappa shape index (κ2) is 5.23. The highest BCUT2D eigenvalue weighted by atomic mass is 16.5. The van der Waals surface area contributed by atoms with Gasteiger partial charge in [0, 0.05) is 19.5 Å². The molecule has 0 aromatic rings. The lowest BCUT2D eigenvalue weighted by molar-refractivity contribution is -0.139. The Balaban J connectivity index is 2.14. The molecule has 1 saturated heterocycles. The maximum absolute atomic E-state index is 11.8. The molecule has 1 aliphatic carbocycles. The van der Waals surface area contributed by atoms with Crippen LogP contribution in [0, 0.1) is 29.6 Å². The van der Waals surface area contributed by atoms with Gasteiger partial charge in [-0.05, 0) is 29.6 Å². The molecule has 106 valence electrons. The Kier molecular flexibility index (Phi) is 3.83. The summed E-state index contributed by atoms with van der Waals surface area (Å²) in [6, 6.07) is 0. The molecule has 5 nitrogen and oxygen atoms in total. The fourth-order valence-corrected chi connectivity index (χ4v) is 3.86. The van der Waals surface area contributed by atoms with Crippen molar-refractivity contribution in [3.63, 3.8) is 0 Å². The fraction of sp³-hybridized carbons (Fsp3) is 0.714. The molecule has 1 amide bonds. The number of hydrogen-bond acceptors (Lipinski definition) is 3. The van der Waals surface area contributed by atoms with Crippen molar-refractivity contribution in [3.05, 3.63) is 12.8 Å². The summed E-state index contributed by atoms with van der Waals surface area (Å²) in [5.74, 6) is 0.815. The van der Waals surface area contributed by atoms with Crippen molar-refractivity contribution in [1.29, 1.82) is 0 Å². The molecule has 2 aliphatic rings. The van der Waals surface area contributed by atoms with Crippen LogP contribution >= 0.6 is 0 Å². The molecule has 4 atom stereocenters. The van der Waals surface area contributed by atoms with Crippen molar-refractivity contribution >= 4 is 12.1 Å². The van der Waals surface area contributed by atoms with Crippen LogP contribution in [-0.2, 0) is 9.53 Å². The molecule has 0 aromatic heterocycles. The van der Waals surface area contributed by atoms with Crippen molar-refractivity contribution in [3.8, 4) is 0 Å². The van der Waals surface area contributed by atoms with Crippen LogP contribution in [0.15, 0.2) is 12.8 Å². The summed E-state index contributed by atoms with van der Waals surface area (Å²) in [5, 5.41) is 9.04. The minimum atomic E-state index is -0.747. The topological polar surface area (TPSA) is 66.8 Å². The van der Waals surface area contributed by atoms with Gasteiger partial charge in [-0.1, -0.05) is 20.4 Å². The van der Waals surface area contributed by atoms with Crippen LogP contribution in [0.2, 0.25) is 0 Å². The van der Waals surface area contributed by atoms with Gasteiger partial charge in [0.25, 0.3) is 0 Å². The Morgan fingerprint density at radius 1 is 1.32 bits per heavy atom. The molecular formula is C14H21NO4. The van der Waals surface area contributed by atoms with E-state index in [9.17, 15) is 9.59 Å². The number of likely N-dealkylation sites (tertiary alicyclic amines) is 1. The largest absolute Gasteiger partial charge is 0.481 e. The zero-order valence-corrected chi connectivity index (χ0v) is 11.4. The molecule has 0 spiro atoms. The van der Waals surface area contributed by atoms with Gasteiger partial charge in [-0.3, -0.25) is 4.79 Å². The fourth-order valence-electron chi connectivity index (χ4n) is 3.86. The lowest BCUT2D eigenvalue weighted by atomic mass is 9.81. The highest BCUT2D eigenvalue weighted by molar-refractivity contribution is 5.69. The van der Waals surface area contributed by atoms with Gasteiger partial charge in [-0.2, -0.15) is 0 Å². The molecule has 2 fully saturated rings. The standard InChI is InChI=1S/C14H21NO4/c1-4-19-14(18)15-6-11-8(2)9(3)12(7-15)10(11)5-13(16)17/h4,8-12H,1,5-7H2,2-3H3,(H,16,17)/t8-,9-,10?,11?,12?/m1/s1. The second-order valence-electron chi connectivity index (χ2n) is 5.76. The Labute approximate surface area is 113 Å². The van der Waals surface area contributed by atoms with E-state index in [1.165, 1.54) is 0 Å². The molecule has 2 rings (SSSR count). The number of piperidine rings is 1. The molecule has 0 radical (unpaired) electrons. The number of ether oxygens (including phenoxy) is 1. The second-order valence-corrected chi connectivity index (χ2v) is 5.76. The number of nitrogens with zero attached hydrogens (tertiary/aromatic N) is 1. The van der Waals surface area contributed by atoms with Gasteiger partial charge in [0.05, 0.1) is 6.26 Å². The number of carbonyl (C=O) groups excluding carboxylic acids is 1. The van der Waals surface area contributed by atoms with Crippen molar-refractivity contribution in [1.82, 2.24) is 4.90 Å². The van der Waals surface area contributed by atoms with Crippen LogP contribution in [0.1, 0.15) is 20.3 Å². The predicted octanol–water partition coefficient (Wildman–Crippen LogP) is 2.19. The third kappa shape index (κ3) is 2.46. The van der Waals surface area contributed by atoms with Crippen LogP contribution in [0.5, 0.6) is 0 Å². The van der Waals surface area contributed by atoms with Crippen molar-refractivity contribution in [2.24, 2.45) is 29.6 Å². The Hall–Kier alpha value is -1.52. The summed E-state index contributed by atoms with van der Waals surface area (Å²) in [6.45, 7) is 8.88. The number of carboxylic acid groups (broad SMARTS) is 1. The van der Waals surface area contributed by atoms with Gasteiger partial charge in [0.2, 0.25) is 0 Å². The van der Waals surface area contributed by atoms with Crippen molar-refractivity contribution < 1.29 is 19.4 Å². The quantitative estimate of drug-likeness (QED) is 0.796. The van der Waals surface area contributed by atoms with E-state index < -0.39 is 5.97 Å². The Bertz CT molecular complexity index is 377. The maximum Gasteiger partial charge on any atom is 0.414 e. The Morgan fingerprint density at radius 2 is 1.84 bits per heavy atom. The van der Waals surface area contributed by atoms with Gasteiger partial charge in [0.1, 0.15) is 0 Å². The normalized spacial score (nSPS) is 36.9. The van der Waals surface area contributed by atoms with Crippen LogP contribution in [0.25, 0.3) is 0 Å². The Morgan fingerprint density at radius 3 is 2.26 bits per heavy atom. The van der Waals surface area contributed by atoms with E-state index in [0.717, 1.165) is 6.26 Å². The summed E-state index contributed by atoms with van der Waals surface area (Å²) in [4.78, 5) is 24.5.